The molecule has 5 nitrogen and oxygen atoms in total. The van der Waals surface area contributed by atoms with E-state index in [1.165, 1.54) is 29.2 Å². The minimum Gasteiger partial charge on any atom is -0.459 e. The van der Waals surface area contributed by atoms with Gasteiger partial charge >= 0.3 is 5.97 Å². The maximum Gasteiger partial charge on any atom is 0.328 e. The van der Waals surface area contributed by atoms with Crippen LogP contribution in [0.15, 0.2) is 36.7 Å². The molecule has 0 atom stereocenters. The van der Waals surface area contributed by atoms with E-state index in [4.69, 9.17) is 10.5 Å². The fraction of sp³-hybridized carbons (Fsp3) is 0.167. The Balaban J connectivity index is 1.85. The van der Waals surface area contributed by atoms with Gasteiger partial charge in [-0.25, -0.2) is 4.39 Å². The Labute approximate surface area is 103 Å². The van der Waals surface area contributed by atoms with E-state index in [0.29, 0.717) is 11.3 Å². The Morgan fingerprint density at radius 3 is 3.00 bits per heavy atom. The highest BCUT2D eigenvalue weighted by Crippen LogP contribution is 2.05. The molecule has 6 heteroatoms. The van der Waals surface area contributed by atoms with Crippen molar-refractivity contribution >= 4 is 11.7 Å². The van der Waals surface area contributed by atoms with Crippen LogP contribution >= 0.6 is 0 Å². The smallest absolute Gasteiger partial charge is 0.328 e. The van der Waals surface area contributed by atoms with Gasteiger partial charge in [0.05, 0.1) is 11.9 Å². The standard InChI is InChI=1S/C12H12FN3O2/c13-10-3-1-2-9(4-10)8-18-12(17)7-16-6-11(14)5-15-16/h1-6H,7-8,14H2. The normalized spacial score (nSPS) is 10.3. The summed E-state index contributed by atoms with van der Waals surface area (Å²) in [6.45, 7) is 0.0137. The van der Waals surface area contributed by atoms with E-state index in [1.54, 1.807) is 12.1 Å². The average Bonchev–Trinajstić information content (AvgIpc) is 2.72. The number of hydrogen-bond donors (Lipinski definition) is 1. The average molecular weight is 249 g/mol. The van der Waals surface area contributed by atoms with Crippen LogP contribution in [0.5, 0.6) is 0 Å². The number of nitrogen functional groups attached to an aromatic ring is 1. The van der Waals surface area contributed by atoms with Gasteiger partial charge in [0.15, 0.2) is 0 Å². The third-order valence-electron chi connectivity index (χ3n) is 2.23. The monoisotopic (exact) mass is 249 g/mol. The largest absolute Gasteiger partial charge is 0.459 e. The molecule has 2 aromatic rings. The van der Waals surface area contributed by atoms with E-state index in [0.717, 1.165) is 0 Å². The maximum atomic E-state index is 12.9. The summed E-state index contributed by atoms with van der Waals surface area (Å²) in [6, 6.07) is 5.89. The zero-order valence-corrected chi connectivity index (χ0v) is 9.54. The Hall–Kier alpha value is -2.37. The van der Waals surface area contributed by atoms with Gasteiger partial charge in [0.2, 0.25) is 0 Å². The molecule has 0 unspecified atom stereocenters. The molecule has 1 aromatic carbocycles. The molecule has 0 radical (unpaired) electrons. The number of anilines is 1. The number of ether oxygens (including phenoxy) is 1. The molecular formula is C12H12FN3O2. The molecule has 2 N–H and O–H groups in total. The van der Waals surface area contributed by atoms with Crippen molar-refractivity contribution in [3.05, 3.63) is 48.0 Å². The molecule has 0 aliphatic carbocycles. The van der Waals surface area contributed by atoms with Crippen molar-refractivity contribution in [2.45, 2.75) is 13.2 Å². The van der Waals surface area contributed by atoms with Gasteiger partial charge in [0, 0.05) is 6.20 Å². The van der Waals surface area contributed by atoms with Crippen molar-refractivity contribution in [1.82, 2.24) is 9.78 Å². The quantitative estimate of drug-likeness (QED) is 0.830. The van der Waals surface area contributed by atoms with Crippen LogP contribution < -0.4 is 5.73 Å². The summed E-state index contributed by atoms with van der Waals surface area (Å²) in [7, 11) is 0. The first-order chi connectivity index (χ1) is 8.63. The minimum absolute atomic E-state index is 0.0213. The van der Waals surface area contributed by atoms with Crippen LogP contribution in [0, 0.1) is 5.82 Å². The van der Waals surface area contributed by atoms with Gasteiger partial charge in [-0.05, 0) is 17.7 Å². The predicted octanol–water partition coefficient (Wildman–Crippen LogP) is 1.35. The summed E-state index contributed by atoms with van der Waals surface area (Å²) < 4.78 is 19.2. The van der Waals surface area contributed by atoms with Crippen molar-refractivity contribution in [3.63, 3.8) is 0 Å². The lowest BCUT2D eigenvalue weighted by Crippen LogP contribution is -2.13. The highest BCUT2D eigenvalue weighted by Gasteiger charge is 2.06. The fourth-order valence-corrected chi connectivity index (χ4v) is 1.43. The molecule has 0 spiro atoms. The van der Waals surface area contributed by atoms with Gasteiger partial charge in [0.1, 0.15) is 19.0 Å². The molecule has 0 fully saturated rings. The second-order valence-corrected chi connectivity index (χ2v) is 3.76. The third kappa shape index (κ3) is 3.31. The Morgan fingerprint density at radius 2 is 2.33 bits per heavy atom. The van der Waals surface area contributed by atoms with Crippen LogP contribution in [-0.4, -0.2) is 15.7 Å². The van der Waals surface area contributed by atoms with Crippen molar-refractivity contribution in [3.8, 4) is 0 Å². The van der Waals surface area contributed by atoms with Crippen LogP contribution in [0.25, 0.3) is 0 Å². The zero-order valence-electron chi connectivity index (χ0n) is 9.54. The Morgan fingerprint density at radius 1 is 1.50 bits per heavy atom. The van der Waals surface area contributed by atoms with Gasteiger partial charge in [0.25, 0.3) is 0 Å². The number of rotatable bonds is 4. The Kier molecular flexibility index (Phi) is 3.57. The number of benzene rings is 1. The van der Waals surface area contributed by atoms with E-state index in [-0.39, 0.29) is 19.0 Å². The molecule has 1 aromatic heterocycles. The number of nitrogens with two attached hydrogens (primary N) is 1. The van der Waals surface area contributed by atoms with Crippen LogP contribution in [-0.2, 0) is 22.7 Å². The highest BCUT2D eigenvalue weighted by atomic mass is 19.1. The van der Waals surface area contributed by atoms with Gasteiger partial charge < -0.3 is 10.5 Å². The summed E-state index contributed by atoms with van der Waals surface area (Å²) >= 11 is 0. The van der Waals surface area contributed by atoms with E-state index in [1.807, 2.05) is 0 Å². The zero-order chi connectivity index (χ0) is 13.0. The number of carbonyl (C=O) groups excluding carboxylic acids is 1. The molecule has 94 valence electrons. The van der Waals surface area contributed by atoms with Gasteiger partial charge in [-0.1, -0.05) is 12.1 Å². The van der Waals surface area contributed by atoms with Crippen molar-refractivity contribution < 1.29 is 13.9 Å². The van der Waals surface area contributed by atoms with Crippen LogP contribution in [0.1, 0.15) is 5.56 Å². The number of nitrogens with zero attached hydrogens (tertiary/aromatic N) is 2. The van der Waals surface area contributed by atoms with Crippen molar-refractivity contribution in [2.75, 3.05) is 5.73 Å². The number of carbonyl (C=O) groups is 1. The van der Waals surface area contributed by atoms with E-state index < -0.39 is 5.97 Å². The molecule has 0 amide bonds. The summed E-state index contributed by atoms with van der Waals surface area (Å²) in [4.78, 5) is 11.5. The summed E-state index contributed by atoms with van der Waals surface area (Å²) in [6.07, 6.45) is 2.98. The molecule has 0 saturated heterocycles. The fourth-order valence-electron chi connectivity index (χ4n) is 1.43. The van der Waals surface area contributed by atoms with Crippen LogP contribution in [0.2, 0.25) is 0 Å². The number of aromatic nitrogens is 2. The lowest BCUT2D eigenvalue weighted by Gasteiger charge is -2.05. The topological polar surface area (TPSA) is 70.1 Å². The maximum absolute atomic E-state index is 12.9. The second kappa shape index (κ2) is 5.31. The predicted molar refractivity (Wildman–Crippen MR) is 62.8 cm³/mol. The molecule has 0 aliphatic rings. The molecule has 18 heavy (non-hydrogen) atoms. The van der Waals surface area contributed by atoms with E-state index >= 15 is 0 Å². The van der Waals surface area contributed by atoms with Crippen molar-refractivity contribution in [2.24, 2.45) is 0 Å². The molecule has 1 heterocycles. The second-order valence-electron chi connectivity index (χ2n) is 3.76. The summed E-state index contributed by atoms with van der Waals surface area (Å²) in [5.74, 6) is -0.814. The van der Waals surface area contributed by atoms with Crippen LogP contribution in [0.3, 0.4) is 0 Å². The SMILES string of the molecule is Nc1cnn(CC(=O)OCc2cccc(F)c2)c1. The Bertz CT molecular complexity index is 554. The minimum atomic E-state index is -0.456. The highest BCUT2D eigenvalue weighted by molar-refractivity contribution is 5.69. The molecule has 0 aliphatic heterocycles. The number of halogens is 1. The first-order valence-corrected chi connectivity index (χ1v) is 5.31. The first kappa shape index (κ1) is 12.1. The van der Waals surface area contributed by atoms with Gasteiger partial charge in [-0.2, -0.15) is 5.10 Å². The van der Waals surface area contributed by atoms with E-state index in [2.05, 4.69) is 5.10 Å². The lowest BCUT2D eigenvalue weighted by atomic mass is 10.2. The lowest BCUT2D eigenvalue weighted by molar-refractivity contribution is -0.145. The number of esters is 1. The molecular weight excluding hydrogens is 237 g/mol. The first-order valence-electron chi connectivity index (χ1n) is 5.31. The molecule has 0 bridgehead atoms. The molecule has 2 rings (SSSR count). The molecule has 0 saturated carbocycles. The number of hydrogen-bond acceptors (Lipinski definition) is 4. The van der Waals surface area contributed by atoms with Crippen LogP contribution in [0.4, 0.5) is 10.1 Å². The van der Waals surface area contributed by atoms with Gasteiger partial charge in [-0.15, -0.1) is 0 Å². The van der Waals surface area contributed by atoms with E-state index in [9.17, 15) is 9.18 Å². The van der Waals surface area contributed by atoms with Gasteiger partial charge in [-0.3, -0.25) is 9.48 Å². The van der Waals surface area contributed by atoms with Crippen molar-refractivity contribution in [1.29, 1.82) is 0 Å². The summed E-state index contributed by atoms with van der Waals surface area (Å²) in [5.41, 5.74) is 6.54. The third-order valence-corrected chi connectivity index (χ3v) is 2.23. The summed E-state index contributed by atoms with van der Waals surface area (Å²) in [5, 5.41) is 3.86.